The first-order chi connectivity index (χ1) is 9.28. The number of rotatable bonds is 2. The predicted molar refractivity (Wildman–Crippen MR) is 66.8 cm³/mol. The van der Waals surface area contributed by atoms with Crippen LogP contribution in [-0.4, -0.2) is 20.1 Å². The second kappa shape index (κ2) is 4.38. The van der Waals surface area contributed by atoms with Crippen molar-refractivity contribution in [3.8, 4) is 29.0 Å². The fourth-order valence-electron chi connectivity index (χ4n) is 1.72. The van der Waals surface area contributed by atoms with Gasteiger partial charge in [-0.3, -0.25) is 4.98 Å². The molecule has 0 saturated carbocycles. The molecule has 92 valence electrons. The molecular weight excluding hydrogens is 242 g/mol. The van der Waals surface area contributed by atoms with Crippen LogP contribution in [0.25, 0.3) is 23.0 Å². The van der Waals surface area contributed by atoms with E-state index in [1.165, 1.54) is 0 Å². The Balaban J connectivity index is 2.00. The van der Waals surface area contributed by atoms with Gasteiger partial charge in [-0.25, -0.2) is 0 Å². The normalized spacial score (nSPS) is 10.3. The molecule has 0 aromatic carbocycles. The average Bonchev–Trinajstić information content (AvgIpc) is 3.08. The van der Waals surface area contributed by atoms with Crippen molar-refractivity contribution in [2.24, 2.45) is 0 Å². The zero-order chi connectivity index (χ0) is 13.2. The van der Waals surface area contributed by atoms with Crippen molar-refractivity contribution in [3.05, 3.63) is 41.9 Å². The summed E-state index contributed by atoms with van der Waals surface area (Å²) in [5.41, 5.74) is 2.99. The molecule has 3 aromatic rings. The van der Waals surface area contributed by atoms with Crippen LogP contribution >= 0.6 is 0 Å². The number of nitriles is 1. The third kappa shape index (κ3) is 1.98. The van der Waals surface area contributed by atoms with Crippen molar-refractivity contribution in [2.75, 3.05) is 0 Å². The summed E-state index contributed by atoms with van der Waals surface area (Å²) in [6.07, 6.45) is 5.00. The lowest BCUT2D eigenvalue weighted by Crippen LogP contribution is -1.86. The molecule has 0 aliphatic rings. The number of H-pyrrole nitrogens is 1. The standard InChI is InChI=1S/C13H9N5O/c1-8-2-3-15-7-10(8)12-17-13(19-18-12)11-4-9(5-14)6-16-11/h2-4,6-7,16H,1H3. The van der Waals surface area contributed by atoms with E-state index in [2.05, 4.69) is 20.1 Å². The quantitative estimate of drug-likeness (QED) is 0.754. The van der Waals surface area contributed by atoms with E-state index in [-0.39, 0.29) is 0 Å². The molecule has 0 radical (unpaired) electrons. The Kier molecular flexibility index (Phi) is 2.58. The Hall–Kier alpha value is -2.94. The van der Waals surface area contributed by atoms with E-state index >= 15 is 0 Å². The topological polar surface area (TPSA) is 91.4 Å². The van der Waals surface area contributed by atoms with Gasteiger partial charge in [-0.1, -0.05) is 5.16 Å². The van der Waals surface area contributed by atoms with Gasteiger partial charge in [0.1, 0.15) is 11.8 Å². The molecule has 0 saturated heterocycles. The van der Waals surface area contributed by atoms with Crippen molar-refractivity contribution in [1.82, 2.24) is 20.1 Å². The SMILES string of the molecule is Cc1ccncc1-c1noc(-c2cc(C#N)c[nH]2)n1. The van der Waals surface area contributed by atoms with Crippen LogP contribution in [0.5, 0.6) is 0 Å². The highest BCUT2D eigenvalue weighted by Gasteiger charge is 2.13. The molecule has 0 aliphatic heterocycles. The van der Waals surface area contributed by atoms with Gasteiger partial charge in [0.25, 0.3) is 5.89 Å². The Labute approximate surface area is 108 Å². The molecule has 0 spiro atoms. The van der Waals surface area contributed by atoms with Crippen molar-refractivity contribution < 1.29 is 4.52 Å². The fraction of sp³-hybridized carbons (Fsp3) is 0.0769. The molecule has 0 fully saturated rings. The Morgan fingerprint density at radius 3 is 3.05 bits per heavy atom. The Morgan fingerprint density at radius 2 is 2.32 bits per heavy atom. The number of nitrogens with one attached hydrogen (secondary N) is 1. The van der Waals surface area contributed by atoms with Crippen LogP contribution in [0.3, 0.4) is 0 Å². The highest BCUT2D eigenvalue weighted by atomic mass is 16.5. The molecular formula is C13H9N5O. The molecule has 0 aliphatic carbocycles. The number of aryl methyl sites for hydroxylation is 1. The molecule has 19 heavy (non-hydrogen) atoms. The van der Waals surface area contributed by atoms with Crippen LogP contribution in [0.2, 0.25) is 0 Å². The van der Waals surface area contributed by atoms with Crippen LogP contribution in [0, 0.1) is 18.3 Å². The first-order valence-electron chi connectivity index (χ1n) is 5.61. The molecule has 6 heteroatoms. The third-order valence-corrected chi connectivity index (χ3v) is 2.75. The number of hydrogen-bond acceptors (Lipinski definition) is 5. The fourth-order valence-corrected chi connectivity index (χ4v) is 1.72. The second-order valence-corrected chi connectivity index (χ2v) is 4.03. The maximum absolute atomic E-state index is 8.77. The van der Waals surface area contributed by atoms with Crippen LogP contribution in [0.1, 0.15) is 11.1 Å². The van der Waals surface area contributed by atoms with E-state index in [1.807, 2.05) is 19.1 Å². The zero-order valence-electron chi connectivity index (χ0n) is 10.1. The molecule has 3 aromatic heterocycles. The van der Waals surface area contributed by atoms with Gasteiger partial charge in [-0.2, -0.15) is 10.2 Å². The highest BCUT2D eigenvalue weighted by molar-refractivity contribution is 5.61. The second-order valence-electron chi connectivity index (χ2n) is 4.03. The largest absolute Gasteiger partial charge is 0.356 e. The lowest BCUT2D eigenvalue weighted by atomic mass is 10.1. The summed E-state index contributed by atoms with van der Waals surface area (Å²) in [6, 6.07) is 5.58. The van der Waals surface area contributed by atoms with Gasteiger partial charge in [-0.05, 0) is 24.6 Å². The van der Waals surface area contributed by atoms with Gasteiger partial charge in [0.05, 0.1) is 5.56 Å². The summed E-state index contributed by atoms with van der Waals surface area (Å²) in [7, 11) is 0. The first kappa shape index (κ1) is 11.2. The number of pyridine rings is 1. The van der Waals surface area contributed by atoms with E-state index < -0.39 is 0 Å². The molecule has 0 amide bonds. The zero-order valence-corrected chi connectivity index (χ0v) is 10.1. The van der Waals surface area contributed by atoms with Gasteiger partial charge < -0.3 is 9.51 Å². The number of nitrogens with zero attached hydrogens (tertiary/aromatic N) is 4. The van der Waals surface area contributed by atoms with E-state index in [1.54, 1.807) is 24.7 Å². The van der Waals surface area contributed by atoms with Crippen LogP contribution in [0.15, 0.2) is 35.2 Å². The highest BCUT2D eigenvalue weighted by Crippen LogP contribution is 2.23. The molecule has 6 nitrogen and oxygen atoms in total. The molecule has 0 bridgehead atoms. The lowest BCUT2D eigenvalue weighted by Gasteiger charge is -1.97. The molecule has 3 rings (SSSR count). The summed E-state index contributed by atoms with van der Waals surface area (Å²) in [5.74, 6) is 0.827. The van der Waals surface area contributed by atoms with Gasteiger partial charge >= 0.3 is 0 Å². The Morgan fingerprint density at radius 1 is 1.42 bits per heavy atom. The summed E-state index contributed by atoms with van der Waals surface area (Å²) in [4.78, 5) is 11.3. The van der Waals surface area contributed by atoms with E-state index in [4.69, 9.17) is 9.78 Å². The Bertz CT molecular complexity index is 765. The number of aromatic nitrogens is 4. The number of hydrogen-bond donors (Lipinski definition) is 1. The molecule has 0 unspecified atom stereocenters. The monoisotopic (exact) mass is 251 g/mol. The predicted octanol–water partition coefficient (Wildman–Crippen LogP) is 2.31. The van der Waals surface area contributed by atoms with Crippen LogP contribution in [0.4, 0.5) is 0 Å². The summed E-state index contributed by atoms with van der Waals surface area (Å²) in [6.45, 7) is 1.95. The number of aromatic amines is 1. The van der Waals surface area contributed by atoms with Crippen molar-refractivity contribution in [2.45, 2.75) is 6.92 Å². The van der Waals surface area contributed by atoms with Crippen molar-refractivity contribution in [1.29, 1.82) is 5.26 Å². The average molecular weight is 251 g/mol. The van der Waals surface area contributed by atoms with Gasteiger partial charge in [0, 0.05) is 24.2 Å². The van der Waals surface area contributed by atoms with Gasteiger partial charge in [0.15, 0.2) is 0 Å². The maximum atomic E-state index is 8.77. The van der Waals surface area contributed by atoms with E-state index in [0.717, 1.165) is 11.1 Å². The minimum Gasteiger partial charge on any atom is -0.356 e. The molecule has 0 atom stereocenters. The molecule has 3 heterocycles. The summed E-state index contributed by atoms with van der Waals surface area (Å²) in [5, 5.41) is 12.7. The van der Waals surface area contributed by atoms with Gasteiger partial charge in [-0.15, -0.1) is 0 Å². The summed E-state index contributed by atoms with van der Waals surface area (Å²) < 4.78 is 5.19. The third-order valence-electron chi connectivity index (χ3n) is 2.75. The minimum atomic E-state index is 0.347. The summed E-state index contributed by atoms with van der Waals surface area (Å²) >= 11 is 0. The van der Waals surface area contributed by atoms with Crippen LogP contribution in [-0.2, 0) is 0 Å². The smallest absolute Gasteiger partial charge is 0.274 e. The first-order valence-corrected chi connectivity index (χ1v) is 5.61. The van der Waals surface area contributed by atoms with Crippen molar-refractivity contribution >= 4 is 0 Å². The van der Waals surface area contributed by atoms with Crippen molar-refractivity contribution in [3.63, 3.8) is 0 Å². The minimum absolute atomic E-state index is 0.347. The molecule has 1 N–H and O–H groups in total. The lowest BCUT2D eigenvalue weighted by molar-refractivity contribution is 0.431. The van der Waals surface area contributed by atoms with Crippen LogP contribution < -0.4 is 0 Å². The van der Waals surface area contributed by atoms with E-state index in [0.29, 0.717) is 23.0 Å². The van der Waals surface area contributed by atoms with E-state index in [9.17, 15) is 0 Å². The van der Waals surface area contributed by atoms with Gasteiger partial charge in [0.2, 0.25) is 5.82 Å². The maximum Gasteiger partial charge on any atom is 0.274 e.